The van der Waals surface area contributed by atoms with Gasteiger partial charge in [0.1, 0.15) is 0 Å². The molecule has 0 radical (unpaired) electrons. The summed E-state index contributed by atoms with van der Waals surface area (Å²) in [6, 6.07) is 8.82. The first kappa shape index (κ1) is 21.8. The van der Waals surface area contributed by atoms with Crippen LogP contribution in [-0.2, 0) is 22.5 Å². The summed E-state index contributed by atoms with van der Waals surface area (Å²) in [6.07, 6.45) is 7.77. The fourth-order valence-electron chi connectivity index (χ4n) is 5.62. The van der Waals surface area contributed by atoms with Crippen LogP contribution in [0.4, 0.5) is 0 Å². The topological polar surface area (TPSA) is 36.0 Å². The molecule has 166 valence electrons. The van der Waals surface area contributed by atoms with Gasteiger partial charge in [-0.2, -0.15) is 0 Å². The molecule has 3 aliphatic rings. The van der Waals surface area contributed by atoms with Gasteiger partial charge in [-0.1, -0.05) is 30.7 Å². The third-order valence-corrected chi connectivity index (χ3v) is 7.42. The third kappa shape index (κ3) is 5.06. The first-order chi connectivity index (χ1) is 14.6. The molecule has 3 aliphatic heterocycles. The van der Waals surface area contributed by atoms with E-state index in [1.54, 1.807) is 0 Å². The van der Waals surface area contributed by atoms with Gasteiger partial charge in [0.05, 0.1) is 0 Å². The molecule has 5 nitrogen and oxygen atoms in total. The maximum atomic E-state index is 13.3. The van der Waals surface area contributed by atoms with Gasteiger partial charge in [0.15, 0.2) is 0 Å². The van der Waals surface area contributed by atoms with Crippen molar-refractivity contribution in [3.05, 3.63) is 35.4 Å². The van der Waals surface area contributed by atoms with Crippen molar-refractivity contribution in [3.8, 4) is 0 Å². The molecule has 30 heavy (non-hydrogen) atoms. The van der Waals surface area contributed by atoms with E-state index < -0.39 is 0 Å². The van der Waals surface area contributed by atoms with Gasteiger partial charge in [0.25, 0.3) is 0 Å². The fraction of sp³-hybridized carbons (Fsp3) is 0.720. The van der Waals surface area contributed by atoms with E-state index in [-0.39, 0.29) is 5.54 Å². The van der Waals surface area contributed by atoms with Gasteiger partial charge in [0.2, 0.25) is 5.91 Å². The number of piperidine rings is 1. The third-order valence-electron chi connectivity index (χ3n) is 7.42. The second-order valence-corrected chi connectivity index (χ2v) is 9.93. The summed E-state index contributed by atoms with van der Waals surface area (Å²) in [6.45, 7) is 6.58. The molecule has 5 heteroatoms. The average molecular weight is 414 g/mol. The van der Waals surface area contributed by atoms with E-state index in [1.807, 2.05) is 14.1 Å². The Hall–Kier alpha value is -1.43. The SMILES string of the molecule is CN(C)CCC(=O)N1Cc2ccccc2CC2(CCCCN2CC2CCOCC2)C1. The summed E-state index contributed by atoms with van der Waals surface area (Å²) in [4.78, 5) is 20.3. The lowest BCUT2D eigenvalue weighted by Crippen LogP contribution is -2.60. The molecule has 0 aliphatic carbocycles. The van der Waals surface area contributed by atoms with Gasteiger partial charge >= 0.3 is 0 Å². The normalized spacial score (nSPS) is 26.0. The van der Waals surface area contributed by atoms with Crippen molar-refractivity contribution >= 4 is 5.91 Å². The number of hydrogen-bond acceptors (Lipinski definition) is 4. The molecular formula is C25H39N3O2. The van der Waals surface area contributed by atoms with Crippen LogP contribution in [-0.4, -0.2) is 79.6 Å². The van der Waals surface area contributed by atoms with Gasteiger partial charge in [-0.3, -0.25) is 9.69 Å². The highest BCUT2D eigenvalue weighted by Gasteiger charge is 2.43. The standard InChI is InChI=1S/C25H39N3O2/c1-26(2)14-9-24(29)27-19-23-8-4-3-7-22(23)17-25(20-27)12-5-6-13-28(25)18-21-10-15-30-16-11-21/h3-4,7-8,21H,5-6,9-20H2,1-2H3. The molecule has 1 aromatic carbocycles. The molecule has 1 unspecified atom stereocenters. The predicted molar refractivity (Wildman–Crippen MR) is 120 cm³/mol. The first-order valence-electron chi connectivity index (χ1n) is 11.9. The molecule has 2 saturated heterocycles. The van der Waals surface area contributed by atoms with Crippen LogP contribution in [0, 0.1) is 5.92 Å². The number of rotatable bonds is 5. The van der Waals surface area contributed by atoms with Crippen LogP contribution >= 0.6 is 0 Å². The van der Waals surface area contributed by atoms with Crippen LogP contribution in [0.5, 0.6) is 0 Å². The molecule has 2 fully saturated rings. The Kier molecular flexibility index (Phi) is 7.12. The molecule has 1 amide bonds. The highest BCUT2D eigenvalue weighted by atomic mass is 16.5. The maximum Gasteiger partial charge on any atom is 0.224 e. The summed E-state index contributed by atoms with van der Waals surface area (Å²) in [5, 5.41) is 0. The number of carbonyl (C=O) groups is 1. The number of benzene rings is 1. The van der Waals surface area contributed by atoms with Crippen LogP contribution < -0.4 is 0 Å². The van der Waals surface area contributed by atoms with Gasteiger partial charge in [-0.25, -0.2) is 0 Å². The molecule has 0 saturated carbocycles. The Morgan fingerprint density at radius 2 is 1.93 bits per heavy atom. The Morgan fingerprint density at radius 3 is 2.70 bits per heavy atom. The van der Waals surface area contributed by atoms with Gasteiger partial charge in [-0.15, -0.1) is 0 Å². The quantitative estimate of drug-likeness (QED) is 0.743. The lowest BCUT2D eigenvalue weighted by molar-refractivity contribution is -0.135. The molecule has 4 rings (SSSR count). The number of fused-ring (bicyclic) bond motifs is 1. The van der Waals surface area contributed by atoms with E-state index in [0.29, 0.717) is 12.3 Å². The second-order valence-electron chi connectivity index (χ2n) is 9.93. The van der Waals surface area contributed by atoms with Crippen molar-refractivity contribution in [3.63, 3.8) is 0 Å². The highest BCUT2D eigenvalue weighted by Crippen LogP contribution is 2.37. The monoisotopic (exact) mass is 413 g/mol. The maximum absolute atomic E-state index is 13.3. The Morgan fingerprint density at radius 1 is 1.17 bits per heavy atom. The minimum Gasteiger partial charge on any atom is -0.381 e. The van der Waals surface area contributed by atoms with Gasteiger partial charge < -0.3 is 14.5 Å². The number of carbonyl (C=O) groups excluding carboxylic acids is 1. The van der Waals surface area contributed by atoms with Crippen LogP contribution in [0.2, 0.25) is 0 Å². The van der Waals surface area contributed by atoms with Crippen LogP contribution in [0.15, 0.2) is 24.3 Å². The number of hydrogen-bond donors (Lipinski definition) is 0. The first-order valence-corrected chi connectivity index (χ1v) is 11.9. The summed E-state index contributed by atoms with van der Waals surface area (Å²) in [5.74, 6) is 1.03. The average Bonchev–Trinajstić information content (AvgIpc) is 2.91. The van der Waals surface area contributed by atoms with Crippen LogP contribution in [0.1, 0.15) is 49.7 Å². The number of ether oxygens (including phenoxy) is 1. The fourth-order valence-corrected chi connectivity index (χ4v) is 5.62. The molecule has 1 aromatic rings. The van der Waals surface area contributed by atoms with Crippen molar-refractivity contribution in [1.29, 1.82) is 0 Å². The van der Waals surface area contributed by atoms with Crippen molar-refractivity contribution in [2.75, 3.05) is 53.5 Å². The summed E-state index contributed by atoms with van der Waals surface area (Å²) in [5.41, 5.74) is 2.86. The zero-order valence-corrected chi connectivity index (χ0v) is 18.9. The molecule has 0 aromatic heterocycles. The largest absolute Gasteiger partial charge is 0.381 e. The van der Waals surface area contributed by atoms with Gasteiger partial charge in [0, 0.05) is 51.4 Å². The minimum atomic E-state index is 0.0803. The Labute approximate surface area is 182 Å². The molecular weight excluding hydrogens is 374 g/mol. The van der Waals surface area contributed by atoms with E-state index in [4.69, 9.17) is 4.74 Å². The van der Waals surface area contributed by atoms with Gasteiger partial charge in [-0.05, 0) is 69.8 Å². The van der Waals surface area contributed by atoms with Crippen molar-refractivity contribution < 1.29 is 9.53 Å². The number of likely N-dealkylation sites (tertiary alicyclic amines) is 1. The zero-order valence-electron chi connectivity index (χ0n) is 18.9. The summed E-state index contributed by atoms with van der Waals surface area (Å²) < 4.78 is 5.61. The number of nitrogens with zero attached hydrogens (tertiary/aromatic N) is 3. The van der Waals surface area contributed by atoms with Crippen molar-refractivity contribution in [1.82, 2.24) is 14.7 Å². The van der Waals surface area contributed by atoms with Crippen molar-refractivity contribution in [2.24, 2.45) is 5.92 Å². The van der Waals surface area contributed by atoms with E-state index in [9.17, 15) is 4.79 Å². The summed E-state index contributed by atoms with van der Waals surface area (Å²) in [7, 11) is 4.09. The molecule has 1 atom stereocenters. The molecule has 0 bridgehead atoms. The molecule has 3 heterocycles. The molecule has 0 N–H and O–H groups in total. The van der Waals surface area contributed by atoms with E-state index >= 15 is 0 Å². The number of amides is 1. The van der Waals surface area contributed by atoms with Crippen LogP contribution in [0.25, 0.3) is 0 Å². The van der Waals surface area contributed by atoms with E-state index in [0.717, 1.165) is 51.7 Å². The lowest BCUT2D eigenvalue weighted by atomic mass is 9.79. The zero-order chi connectivity index (χ0) is 21.0. The lowest BCUT2D eigenvalue weighted by Gasteiger charge is -2.50. The van der Waals surface area contributed by atoms with Crippen molar-refractivity contribution in [2.45, 2.75) is 57.0 Å². The minimum absolute atomic E-state index is 0.0803. The Balaban J connectivity index is 1.60. The summed E-state index contributed by atoms with van der Waals surface area (Å²) >= 11 is 0. The smallest absolute Gasteiger partial charge is 0.224 e. The van der Waals surface area contributed by atoms with Crippen LogP contribution in [0.3, 0.4) is 0 Å². The highest BCUT2D eigenvalue weighted by molar-refractivity contribution is 5.76. The van der Waals surface area contributed by atoms with E-state index in [2.05, 4.69) is 39.0 Å². The second kappa shape index (κ2) is 9.80. The predicted octanol–water partition coefficient (Wildman–Crippen LogP) is 3.17. The molecule has 1 spiro atoms. The van der Waals surface area contributed by atoms with E-state index in [1.165, 1.54) is 49.8 Å². The Bertz CT molecular complexity index is 716.